The third-order valence-electron chi connectivity index (χ3n) is 2.88. The Bertz CT molecular complexity index is 714. The van der Waals surface area contributed by atoms with Crippen LogP contribution in [0.2, 0.25) is 0 Å². The van der Waals surface area contributed by atoms with Crippen molar-refractivity contribution in [1.82, 2.24) is 4.98 Å². The Kier molecular flexibility index (Phi) is 2.26. The highest BCUT2D eigenvalue weighted by Gasteiger charge is 2.04. The van der Waals surface area contributed by atoms with Crippen LogP contribution in [0.5, 0.6) is 0 Å². The van der Waals surface area contributed by atoms with E-state index in [0.29, 0.717) is 0 Å². The molecule has 0 saturated carbocycles. The van der Waals surface area contributed by atoms with E-state index >= 15 is 0 Å². The molecule has 0 saturated heterocycles. The van der Waals surface area contributed by atoms with E-state index in [-0.39, 0.29) is 5.43 Å². The number of fused-ring (bicyclic) bond motifs is 1. The highest BCUT2D eigenvalue weighted by atomic mass is 16.1. The molecular formula is C15H11NO. The lowest BCUT2D eigenvalue weighted by molar-refractivity contribution is 1.39. The number of nitrogens with one attached hydrogen (secondary N) is 1. The summed E-state index contributed by atoms with van der Waals surface area (Å²) in [7, 11) is 0. The molecule has 1 aromatic heterocycles. The summed E-state index contributed by atoms with van der Waals surface area (Å²) in [5.74, 6) is 0. The van der Waals surface area contributed by atoms with Crippen LogP contribution in [0.4, 0.5) is 0 Å². The second kappa shape index (κ2) is 3.91. The fourth-order valence-corrected chi connectivity index (χ4v) is 2.06. The molecule has 0 radical (unpaired) electrons. The molecule has 2 heteroatoms. The molecule has 17 heavy (non-hydrogen) atoms. The first kappa shape index (κ1) is 9.85. The summed E-state index contributed by atoms with van der Waals surface area (Å²) in [6, 6.07) is 17.4. The highest BCUT2D eigenvalue weighted by Crippen LogP contribution is 2.24. The van der Waals surface area contributed by atoms with Crippen molar-refractivity contribution in [3.8, 4) is 11.1 Å². The summed E-state index contributed by atoms with van der Waals surface area (Å²) >= 11 is 0. The zero-order valence-corrected chi connectivity index (χ0v) is 9.18. The molecule has 0 atom stereocenters. The van der Waals surface area contributed by atoms with Crippen molar-refractivity contribution >= 4 is 10.9 Å². The molecule has 82 valence electrons. The minimum absolute atomic E-state index is 0.0523. The number of hydrogen-bond acceptors (Lipinski definition) is 1. The molecule has 1 heterocycles. The van der Waals surface area contributed by atoms with E-state index in [4.69, 9.17) is 0 Å². The van der Waals surface area contributed by atoms with Crippen molar-refractivity contribution in [2.24, 2.45) is 0 Å². The van der Waals surface area contributed by atoms with Gasteiger partial charge in [0, 0.05) is 23.2 Å². The molecule has 0 bridgehead atoms. The highest BCUT2D eigenvalue weighted by molar-refractivity contribution is 5.93. The molecule has 0 fully saturated rings. The van der Waals surface area contributed by atoms with Crippen LogP contribution < -0.4 is 5.43 Å². The fraction of sp³-hybridized carbons (Fsp3) is 0. The number of rotatable bonds is 1. The molecule has 0 amide bonds. The molecule has 0 aliphatic heterocycles. The second-order valence-corrected chi connectivity index (χ2v) is 3.94. The Hall–Kier alpha value is -2.35. The van der Waals surface area contributed by atoms with Gasteiger partial charge >= 0.3 is 0 Å². The average molecular weight is 221 g/mol. The van der Waals surface area contributed by atoms with Gasteiger partial charge in [-0.2, -0.15) is 0 Å². The molecule has 2 nitrogen and oxygen atoms in total. The van der Waals surface area contributed by atoms with Crippen LogP contribution >= 0.6 is 0 Å². The van der Waals surface area contributed by atoms with Gasteiger partial charge in [0.1, 0.15) is 0 Å². The van der Waals surface area contributed by atoms with Crippen molar-refractivity contribution in [2.75, 3.05) is 0 Å². The van der Waals surface area contributed by atoms with Gasteiger partial charge in [0.2, 0.25) is 0 Å². The molecular weight excluding hydrogens is 210 g/mol. The topological polar surface area (TPSA) is 32.9 Å². The monoisotopic (exact) mass is 221 g/mol. The standard InChI is InChI=1S/C15H11NO/c17-14-9-10-16-15-12(7-4-8-13(14)15)11-5-2-1-3-6-11/h1-10H,(H,16,17). The zero-order chi connectivity index (χ0) is 11.7. The van der Waals surface area contributed by atoms with Gasteiger partial charge in [-0.3, -0.25) is 4.79 Å². The summed E-state index contributed by atoms with van der Waals surface area (Å²) in [4.78, 5) is 14.9. The lowest BCUT2D eigenvalue weighted by Gasteiger charge is -2.05. The normalized spacial score (nSPS) is 10.6. The summed E-state index contributed by atoms with van der Waals surface area (Å²) in [5, 5.41) is 0.730. The van der Waals surface area contributed by atoms with Gasteiger partial charge in [0.05, 0.1) is 5.52 Å². The van der Waals surface area contributed by atoms with Gasteiger partial charge in [-0.25, -0.2) is 0 Å². The first-order chi connectivity index (χ1) is 8.36. The predicted octanol–water partition coefficient (Wildman–Crippen LogP) is 3.20. The summed E-state index contributed by atoms with van der Waals surface area (Å²) in [6.45, 7) is 0. The lowest BCUT2D eigenvalue weighted by Crippen LogP contribution is -2.00. The molecule has 0 aliphatic carbocycles. The molecule has 3 aromatic rings. The number of benzene rings is 2. The van der Waals surface area contributed by atoms with Crippen LogP contribution in [-0.4, -0.2) is 4.98 Å². The third-order valence-corrected chi connectivity index (χ3v) is 2.88. The molecule has 0 spiro atoms. The Morgan fingerprint density at radius 2 is 1.65 bits per heavy atom. The minimum Gasteiger partial charge on any atom is -0.360 e. The van der Waals surface area contributed by atoms with Crippen molar-refractivity contribution in [3.05, 3.63) is 71.0 Å². The first-order valence-electron chi connectivity index (χ1n) is 5.52. The molecule has 1 N–H and O–H groups in total. The van der Waals surface area contributed by atoms with Gasteiger partial charge in [-0.05, 0) is 11.6 Å². The van der Waals surface area contributed by atoms with Crippen LogP contribution in [0.15, 0.2) is 65.6 Å². The van der Waals surface area contributed by atoms with E-state index in [0.717, 1.165) is 22.0 Å². The largest absolute Gasteiger partial charge is 0.360 e. The van der Waals surface area contributed by atoms with Crippen molar-refractivity contribution in [3.63, 3.8) is 0 Å². The van der Waals surface area contributed by atoms with Crippen LogP contribution in [0.1, 0.15) is 0 Å². The SMILES string of the molecule is O=c1cc[nH]c2c(-c3ccccc3)cccc12. The average Bonchev–Trinajstić information content (AvgIpc) is 2.40. The quantitative estimate of drug-likeness (QED) is 0.672. The number of aromatic amines is 1. The van der Waals surface area contributed by atoms with E-state index in [2.05, 4.69) is 4.98 Å². The second-order valence-electron chi connectivity index (χ2n) is 3.94. The minimum atomic E-state index is 0.0523. The van der Waals surface area contributed by atoms with E-state index < -0.39 is 0 Å². The number of aromatic nitrogens is 1. The molecule has 2 aromatic carbocycles. The lowest BCUT2D eigenvalue weighted by atomic mass is 10.0. The smallest absolute Gasteiger partial charge is 0.189 e. The van der Waals surface area contributed by atoms with E-state index in [1.807, 2.05) is 48.5 Å². The fourth-order valence-electron chi connectivity index (χ4n) is 2.06. The number of para-hydroxylation sites is 1. The van der Waals surface area contributed by atoms with Crippen LogP contribution in [0, 0.1) is 0 Å². The Balaban J connectivity index is 2.39. The van der Waals surface area contributed by atoms with Crippen molar-refractivity contribution < 1.29 is 0 Å². The van der Waals surface area contributed by atoms with Gasteiger partial charge in [0.25, 0.3) is 0 Å². The van der Waals surface area contributed by atoms with E-state index in [9.17, 15) is 4.79 Å². The molecule has 0 aliphatic rings. The molecule has 3 rings (SSSR count). The summed E-state index contributed by atoms with van der Waals surface area (Å²) < 4.78 is 0. The number of pyridine rings is 1. The molecule has 0 unspecified atom stereocenters. The first-order valence-corrected chi connectivity index (χ1v) is 5.52. The van der Waals surface area contributed by atoms with Gasteiger partial charge in [-0.1, -0.05) is 42.5 Å². The maximum Gasteiger partial charge on any atom is 0.189 e. The van der Waals surface area contributed by atoms with Crippen molar-refractivity contribution in [1.29, 1.82) is 0 Å². The van der Waals surface area contributed by atoms with Gasteiger partial charge < -0.3 is 4.98 Å². The van der Waals surface area contributed by atoms with Crippen molar-refractivity contribution in [2.45, 2.75) is 0 Å². The Morgan fingerprint density at radius 1 is 0.824 bits per heavy atom. The van der Waals surface area contributed by atoms with Crippen LogP contribution in [-0.2, 0) is 0 Å². The maximum atomic E-state index is 11.7. The Morgan fingerprint density at radius 3 is 2.47 bits per heavy atom. The zero-order valence-electron chi connectivity index (χ0n) is 9.18. The third kappa shape index (κ3) is 1.64. The summed E-state index contributed by atoms with van der Waals surface area (Å²) in [6.07, 6.45) is 1.69. The van der Waals surface area contributed by atoms with Crippen LogP contribution in [0.25, 0.3) is 22.0 Å². The number of H-pyrrole nitrogens is 1. The van der Waals surface area contributed by atoms with E-state index in [1.165, 1.54) is 0 Å². The number of hydrogen-bond donors (Lipinski definition) is 1. The van der Waals surface area contributed by atoms with Crippen LogP contribution in [0.3, 0.4) is 0 Å². The van der Waals surface area contributed by atoms with Gasteiger partial charge in [-0.15, -0.1) is 0 Å². The van der Waals surface area contributed by atoms with E-state index in [1.54, 1.807) is 12.3 Å². The van der Waals surface area contributed by atoms with Gasteiger partial charge in [0.15, 0.2) is 5.43 Å². The summed E-state index contributed by atoms with van der Waals surface area (Å²) in [5.41, 5.74) is 3.11. The predicted molar refractivity (Wildman–Crippen MR) is 70.0 cm³/mol. The maximum absolute atomic E-state index is 11.7. The Labute approximate surface area is 98.6 Å².